The lowest BCUT2D eigenvalue weighted by atomic mass is 10.1. The van der Waals surface area contributed by atoms with E-state index < -0.39 is 0 Å². The molecule has 0 heterocycles. The second-order valence-electron chi connectivity index (χ2n) is 2.19. The quantitative estimate of drug-likeness (QED) is 0.505. The van der Waals surface area contributed by atoms with Crippen LogP contribution in [0.5, 0.6) is 0 Å². The van der Waals surface area contributed by atoms with Crippen LogP contribution in [0, 0.1) is 0 Å². The summed E-state index contributed by atoms with van der Waals surface area (Å²) in [6.07, 6.45) is 7.89. The predicted molar refractivity (Wildman–Crippen MR) is 49.6 cm³/mol. The fourth-order valence-corrected chi connectivity index (χ4v) is 0.957. The van der Waals surface area contributed by atoms with Gasteiger partial charge in [0.05, 0.1) is 11.4 Å². The van der Waals surface area contributed by atoms with E-state index in [4.69, 9.17) is 0 Å². The molecule has 0 unspecified atom stereocenters. The SMILES string of the molecule is CC/N=C1/C=CC=C/C1=N\C. The Morgan fingerprint density at radius 3 is 2.36 bits per heavy atom. The maximum absolute atomic E-state index is 4.28. The summed E-state index contributed by atoms with van der Waals surface area (Å²) in [4.78, 5) is 8.38. The number of hydrogen-bond acceptors (Lipinski definition) is 2. The van der Waals surface area contributed by atoms with Gasteiger partial charge in [-0.1, -0.05) is 12.2 Å². The summed E-state index contributed by atoms with van der Waals surface area (Å²) in [6.45, 7) is 2.83. The molecule has 0 aliphatic heterocycles. The van der Waals surface area contributed by atoms with Crippen LogP contribution in [0.25, 0.3) is 0 Å². The highest BCUT2D eigenvalue weighted by molar-refractivity contribution is 6.51. The van der Waals surface area contributed by atoms with Gasteiger partial charge in [-0.15, -0.1) is 0 Å². The van der Waals surface area contributed by atoms with Crippen molar-refractivity contribution in [3.63, 3.8) is 0 Å². The highest BCUT2D eigenvalue weighted by Crippen LogP contribution is 1.97. The highest BCUT2D eigenvalue weighted by Gasteiger charge is 2.02. The number of nitrogens with zero attached hydrogens (tertiary/aromatic N) is 2. The van der Waals surface area contributed by atoms with E-state index in [9.17, 15) is 0 Å². The summed E-state index contributed by atoms with van der Waals surface area (Å²) in [7, 11) is 1.78. The smallest absolute Gasteiger partial charge is 0.0826 e. The molecular formula is C9H12N2. The third kappa shape index (κ3) is 1.87. The van der Waals surface area contributed by atoms with Gasteiger partial charge in [0, 0.05) is 13.6 Å². The first-order chi connectivity index (χ1) is 5.38. The predicted octanol–water partition coefficient (Wildman–Crippen LogP) is 1.64. The van der Waals surface area contributed by atoms with Crippen LogP contribution in [0.1, 0.15) is 6.92 Å². The average Bonchev–Trinajstić information content (AvgIpc) is 2.06. The van der Waals surface area contributed by atoms with Crippen LogP contribution in [0.2, 0.25) is 0 Å². The molecule has 0 atom stereocenters. The zero-order chi connectivity index (χ0) is 8.10. The first-order valence-corrected chi connectivity index (χ1v) is 3.75. The number of aliphatic imine (C=N–C) groups is 2. The second-order valence-corrected chi connectivity index (χ2v) is 2.19. The molecule has 0 aromatic carbocycles. The summed E-state index contributed by atoms with van der Waals surface area (Å²) in [6, 6.07) is 0. The normalized spacial score (nSPS) is 23.5. The summed E-state index contributed by atoms with van der Waals surface area (Å²) in [5.41, 5.74) is 1.95. The largest absolute Gasteiger partial charge is 0.286 e. The Hall–Kier alpha value is -1.18. The number of rotatable bonds is 1. The van der Waals surface area contributed by atoms with Crippen LogP contribution in [0.4, 0.5) is 0 Å². The summed E-state index contributed by atoms with van der Waals surface area (Å²) >= 11 is 0. The Bertz CT molecular complexity index is 244. The molecule has 0 radical (unpaired) electrons. The van der Waals surface area contributed by atoms with Crippen molar-refractivity contribution in [3.8, 4) is 0 Å². The Labute approximate surface area is 67.1 Å². The van der Waals surface area contributed by atoms with Gasteiger partial charge in [-0.2, -0.15) is 0 Å². The van der Waals surface area contributed by atoms with Crippen molar-refractivity contribution in [1.29, 1.82) is 0 Å². The molecule has 0 saturated heterocycles. The zero-order valence-corrected chi connectivity index (χ0v) is 6.91. The van der Waals surface area contributed by atoms with Crippen molar-refractivity contribution < 1.29 is 0 Å². The molecule has 2 nitrogen and oxygen atoms in total. The van der Waals surface area contributed by atoms with Gasteiger partial charge in [0.2, 0.25) is 0 Å². The molecule has 0 saturated carbocycles. The highest BCUT2D eigenvalue weighted by atomic mass is 14.8. The minimum Gasteiger partial charge on any atom is -0.286 e. The van der Waals surface area contributed by atoms with Gasteiger partial charge in [0.15, 0.2) is 0 Å². The molecule has 0 fully saturated rings. The number of hydrogen-bond donors (Lipinski definition) is 0. The van der Waals surface area contributed by atoms with Crippen molar-refractivity contribution in [2.24, 2.45) is 9.98 Å². The lowest BCUT2D eigenvalue weighted by Crippen LogP contribution is -2.11. The topological polar surface area (TPSA) is 24.7 Å². The van der Waals surface area contributed by atoms with Gasteiger partial charge in [-0.25, -0.2) is 0 Å². The van der Waals surface area contributed by atoms with E-state index in [0.29, 0.717) is 0 Å². The Morgan fingerprint density at radius 2 is 1.82 bits per heavy atom. The average molecular weight is 148 g/mol. The Balaban J connectivity index is 2.88. The molecule has 0 spiro atoms. The monoisotopic (exact) mass is 148 g/mol. The van der Waals surface area contributed by atoms with E-state index in [1.807, 2.05) is 31.2 Å². The molecule has 0 aromatic rings. The van der Waals surface area contributed by atoms with Gasteiger partial charge in [0.25, 0.3) is 0 Å². The molecule has 0 bridgehead atoms. The van der Waals surface area contributed by atoms with Gasteiger partial charge in [-0.05, 0) is 19.1 Å². The maximum Gasteiger partial charge on any atom is 0.0826 e. The molecule has 58 valence electrons. The number of allylic oxidation sites excluding steroid dienone is 4. The molecule has 1 aliphatic rings. The van der Waals surface area contributed by atoms with Crippen molar-refractivity contribution in [1.82, 2.24) is 0 Å². The van der Waals surface area contributed by atoms with Crippen LogP contribution in [0.3, 0.4) is 0 Å². The van der Waals surface area contributed by atoms with E-state index in [1.165, 1.54) is 0 Å². The van der Waals surface area contributed by atoms with Crippen LogP contribution < -0.4 is 0 Å². The molecule has 0 aromatic heterocycles. The molecule has 1 rings (SSSR count). The molecule has 1 aliphatic carbocycles. The van der Waals surface area contributed by atoms with Gasteiger partial charge < -0.3 is 0 Å². The molecule has 0 N–H and O–H groups in total. The van der Waals surface area contributed by atoms with E-state index >= 15 is 0 Å². The molecule has 0 amide bonds. The van der Waals surface area contributed by atoms with Crippen LogP contribution in [0.15, 0.2) is 34.3 Å². The van der Waals surface area contributed by atoms with E-state index in [0.717, 1.165) is 18.0 Å². The lowest BCUT2D eigenvalue weighted by molar-refractivity contribution is 1.14. The maximum atomic E-state index is 4.28. The van der Waals surface area contributed by atoms with Gasteiger partial charge in [0.1, 0.15) is 0 Å². The fourth-order valence-electron chi connectivity index (χ4n) is 0.957. The first kappa shape index (κ1) is 7.92. The van der Waals surface area contributed by atoms with Crippen molar-refractivity contribution in [2.45, 2.75) is 6.92 Å². The third-order valence-corrected chi connectivity index (χ3v) is 1.45. The molecular weight excluding hydrogens is 136 g/mol. The van der Waals surface area contributed by atoms with Crippen LogP contribution in [-0.2, 0) is 0 Å². The first-order valence-electron chi connectivity index (χ1n) is 3.75. The van der Waals surface area contributed by atoms with E-state index in [-0.39, 0.29) is 0 Å². The standard InChI is InChI=1S/C9H12N2/c1-3-11-9-7-5-4-6-8(9)10-2/h4-7H,3H2,1-2H3/b10-8+,11-9-. The van der Waals surface area contributed by atoms with Gasteiger partial charge >= 0.3 is 0 Å². The summed E-state index contributed by atoms with van der Waals surface area (Å²) in [5, 5.41) is 0. The fraction of sp³-hybridized carbons (Fsp3) is 0.333. The van der Waals surface area contributed by atoms with Crippen molar-refractivity contribution in [3.05, 3.63) is 24.3 Å². The van der Waals surface area contributed by atoms with Crippen molar-refractivity contribution in [2.75, 3.05) is 13.6 Å². The van der Waals surface area contributed by atoms with Crippen LogP contribution in [-0.4, -0.2) is 25.0 Å². The molecule has 2 heteroatoms. The van der Waals surface area contributed by atoms with Gasteiger partial charge in [-0.3, -0.25) is 9.98 Å². The Kier molecular flexibility index (Phi) is 2.78. The Morgan fingerprint density at radius 1 is 1.18 bits per heavy atom. The molecule has 11 heavy (non-hydrogen) atoms. The lowest BCUT2D eigenvalue weighted by Gasteiger charge is -2.02. The van der Waals surface area contributed by atoms with E-state index in [2.05, 4.69) is 9.98 Å². The second kappa shape index (κ2) is 3.86. The van der Waals surface area contributed by atoms with Crippen molar-refractivity contribution >= 4 is 11.4 Å². The minimum absolute atomic E-state index is 0.812. The van der Waals surface area contributed by atoms with E-state index in [1.54, 1.807) is 7.05 Å². The summed E-state index contributed by atoms with van der Waals surface area (Å²) in [5.74, 6) is 0. The minimum atomic E-state index is 0.812. The summed E-state index contributed by atoms with van der Waals surface area (Å²) < 4.78 is 0. The third-order valence-electron chi connectivity index (χ3n) is 1.45. The zero-order valence-electron chi connectivity index (χ0n) is 6.91. The van der Waals surface area contributed by atoms with Crippen LogP contribution >= 0.6 is 0 Å².